The van der Waals surface area contributed by atoms with Gasteiger partial charge < -0.3 is 10.2 Å². The number of fused-ring (bicyclic) bond motifs is 1. The second-order valence-electron chi connectivity index (χ2n) is 8.39. The van der Waals surface area contributed by atoms with Crippen molar-refractivity contribution in [3.05, 3.63) is 101 Å². The maximum atomic E-state index is 13.8. The van der Waals surface area contributed by atoms with Crippen molar-refractivity contribution < 1.29 is 9.59 Å². The first-order chi connectivity index (χ1) is 15.9. The van der Waals surface area contributed by atoms with Crippen molar-refractivity contribution in [3.8, 4) is 0 Å². The zero-order valence-corrected chi connectivity index (χ0v) is 19.9. The Bertz CT molecular complexity index is 1230. The molecule has 168 valence electrons. The molecule has 5 nitrogen and oxygen atoms in total. The van der Waals surface area contributed by atoms with Crippen molar-refractivity contribution in [3.63, 3.8) is 0 Å². The fourth-order valence-corrected chi connectivity index (χ4v) is 5.20. The fraction of sp³-hybridized carbons (Fsp3) is 0.222. The molecule has 4 aromatic rings. The van der Waals surface area contributed by atoms with Gasteiger partial charge in [-0.2, -0.15) is 0 Å². The number of benzene rings is 3. The first-order valence-corrected chi connectivity index (χ1v) is 11.7. The lowest BCUT2D eigenvalue weighted by molar-refractivity contribution is -0.136. The highest BCUT2D eigenvalue weighted by Gasteiger charge is 2.38. The van der Waals surface area contributed by atoms with E-state index in [1.807, 2.05) is 74.6 Å². The van der Waals surface area contributed by atoms with E-state index in [-0.39, 0.29) is 11.8 Å². The number of aromatic nitrogens is 1. The average Bonchev–Trinajstić information content (AvgIpc) is 3.26. The van der Waals surface area contributed by atoms with Gasteiger partial charge in [-0.05, 0) is 42.3 Å². The predicted molar refractivity (Wildman–Crippen MR) is 133 cm³/mol. The summed E-state index contributed by atoms with van der Waals surface area (Å²) >= 11 is 1.64. The minimum absolute atomic E-state index is 0.0309. The van der Waals surface area contributed by atoms with Crippen molar-refractivity contribution in [1.82, 2.24) is 15.2 Å². The van der Waals surface area contributed by atoms with Crippen molar-refractivity contribution in [2.45, 2.75) is 25.3 Å². The largest absolute Gasteiger partial charge is 0.355 e. The smallest absolute Gasteiger partial charge is 0.251 e. The number of carbonyl (C=O) groups is 2. The number of hydrogen-bond donors (Lipinski definition) is 1. The summed E-state index contributed by atoms with van der Waals surface area (Å²) in [6.45, 7) is 2.46. The van der Waals surface area contributed by atoms with Crippen LogP contribution in [0.5, 0.6) is 0 Å². The predicted octanol–water partition coefficient (Wildman–Crippen LogP) is 4.81. The second kappa shape index (κ2) is 9.55. The number of amides is 2. The number of para-hydroxylation sites is 1. The minimum Gasteiger partial charge on any atom is -0.355 e. The van der Waals surface area contributed by atoms with E-state index in [0.717, 1.165) is 26.4 Å². The highest BCUT2D eigenvalue weighted by Crippen LogP contribution is 2.33. The van der Waals surface area contributed by atoms with E-state index in [1.54, 1.807) is 35.4 Å². The number of nitrogens with one attached hydrogen (secondary N) is 1. The summed E-state index contributed by atoms with van der Waals surface area (Å²) in [6, 6.07) is 25.3. The Morgan fingerprint density at radius 1 is 0.970 bits per heavy atom. The SMILES string of the molecule is CNC(=O)c1ccc(CN(C)C(=O)C(C)(Cc2nc3ccccc3s2)c2ccccc2)cc1. The van der Waals surface area contributed by atoms with Crippen LogP contribution in [0.25, 0.3) is 10.2 Å². The van der Waals surface area contributed by atoms with Gasteiger partial charge in [-0.3, -0.25) is 9.59 Å². The molecule has 33 heavy (non-hydrogen) atoms. The van der Waals surface area contributed by atoms with Gasteiger partial charge in [-0.1, -0.05) is 54.6 Å². The highest BCUT2D eigenvalue weighted by molar-refractivity contribution is 7.18. The summed E-state index contributed by atoms with van der Waals surface area (Å²) in [7, 11) is 3.44. The molecule has 2 amide bonds. The number of rotatable bonds is 7. The van der Waals surface area contributed by atoms with E-state index in [1.165, 1.54) is 0 Å². The minimum atomic E-state index is -0.758. The quantitative estimate of drug-likeness (QED) is 0.433. The monoisotopic (exact) mass is 457 g/mol. The summed E-state index contributed by atoms with van der Waals surface area (Å²) in [4.78, 5) is 32.2. The van der Waals surface area contributed by atoms with E-state index in [4.69, 9.17) is 4.98 Å². The molecule has 0 spiro atoms. The molecule has 0 radical (unpaired) electrons. The number of thiazole rings is 1. The van der Waals surface area contributed by atoms with E-state index < -0.39 is 5.41 Å². The fourth-order valence-electron chi connectivity index (χ4n) is 4.08. The van der Waals surface area contributed by atoms with Crippen LogP contribution in [0.4, 0.5) is 0 Å². The maximum absolute atomic E-state index is 13.8. The molecule has 1 unspecified atom stereocenters. The van der Waals surface area contributed by atoms with Crippen LogP contribution in [0.1, 0.15) is 33.4 Å². The zero-order valence-electron chi connectivity index (χ0n) is 19.0. The molecule has 6 heteroatoms. The molecular formula is C27H27N3O2S. The molecule has 1 atom stereocenters. The van der Waals surface area contributed by atoms with Crippen molar-refractivity contribution >= 4 is 33.4 Å². The van der Waals surface area contributed by atoms with Gasteiger partial charge in [0.1, 0.15) is 0 Å². The van der Waals surface area contributed by atoms with Crippen molar-refractivity contribution in [1.29, 1.82) is 0 Å². The van der Waals surface area contributed by atoms with Gasteiger partial charge in [-0.15, -0.1) is 11.3 Å². The van der Waals surface area contributed by atoms with Gasteiger partial charge >= 0.3 is 0 Å². The van der Waals surface area contributed by atoms with E-state index >= 15 is 0 Å². The summed E-state index contributed by atoms with van der Waals surface area (Å²) in [6.07, 6.45) is 0.523. The van der Waals surface area contributed by atoms with E-state index in [0.29, 0.717) is 18.5 Å². The molecule has 0 saturated heterocycles. The Hall–Kier alpha value is -3.51. The molecule has 1 heterocycles. The first-order valence-electron chi connectivity index (χ1n) is 10.9. The summed E-state index contributed by atoms with van der Waals surface area (Å²) in [5, 5.41) is 3.57. The third kappa shape index (κ3) is 4.81. The molecule has 3 aromatic carbocycles. The topological polar surface area (TPSA) is 62.3 Å². The summed E-state index contributed by atoms with van der Waals surface area (Å²) in [5.41, 5.74) is 2.74. The number of carbonyl (C=O) groups excluding carboxylic acids is 2. The molecule has 1 aromatic heterocycles. The van der Waals surface area contributed by atoms with Gasteiger partial charge in [0.2, 0.25) is 5.91 Å². The van der Waals surface area contributed by atoms with E-state index in [9.17, 15) is 9.59 Å². The molecule has 0 aliphatic heterocycles. The molecule has 0 bridgehead atoms. The highest BCUT2D eigenvalue weighted by atomic mass is 32.1. The van der Waals surface area contributed by atoms with Gasteiger partial charge in [-0.25, -0.2) is 4.98 Å². The van der Waals surface area contributed by atoms with Crippen LogP contribution in [-0.2, 0) is 23.2 Å². The van der Waals surface area contributed by atoms with E-state index in [2.05, 4.69) is 11.4 Å². The molecule has 1 N–H and O–H groups in total. The number of likely N-dealkylation sites (N-methyl/N-ethyl adjacent to an activating group) is 1. The Labute approximate surface area is 198 Å². The van der Waals surface area contributed by atoms with Crippen LogP contribution < -0.4 is 5.32 Å². The third-order valence-electron chi connectivity index (χ3n) is 5.94. The Morgan fingerprint density at radius 2 is 1.64 bits per heavy atom. The standard InChI is InChI=1S/C27H27N3O2S/c1-27(21-9-5-4-6-10-21,17-24-29-22-11-7-8-12-23(22)33-24)26(32)30(3)18-19-13-15-20(16-14-19)25(31)28-2/h4-16H,17-18H2,1-3H3,(H,28,31). The number of hydrogen-bond acceptors (Lipinski definition) is 4. The second-order valence-corrected chi connectivity index (χ2v) is 9.50. The van der Waals surface area contributed by atoms with Crippen LogP contribution >= 0.6 is 11.3 Å². The molecular weight excluding hydrogens is 430 g/mol. The van der Waals surface area contributed by atoms with Gasteiger partial charge in [0.25, 0.3) is 5.91 Å². The lowest BCUT2D eigenvalue weighted by atomic mass is 9.78. The number of nitrogens with zero attached hydrogens (tertiary/aromatic N) is 2. The summed E-state index contributed by atoms with van der Waals surface area (Å²) in [5.74, 6) is -0.0956. The van der Waals surface area contributed by atoms with Crippen LogP contribution in [0.15, 0.2) is 78.9 Å². The van der Waals surface area contributed by atoms with Gasteiger partial charge in [0, 0.05) is 32.6 Å². The third-order valence-corrected chi connectivity index (χ3v) is 6.97. The molecule has 0 aliphatic rings. The lowest BCUT2D eigenvalue weighted by Gasteiger charge is -2.33. The zero-order chi connectivity index (χ0) is 23.4. The molecule has 0 saturated carbocycles. The normalized spacial score (nSPS) is 12.8. The van der Waals surface area contributed by atoms with Crippen LogP contribution in [0.3, 0.4) is 0 Å². The Balaban J connectivity index is 1.61. The molecule has 4 rings (SSSR count). The van der Waals surface area contributed by atoms with Crippen LogP contribution in [0.2, 0.25) is 0 Å². The Kier molecular flexibility index (Phi) is 6.56. The van der Waals surface area contributed by atoms with Crippen LogP contribution in [-0.4, -0.2) is 35.8 Å². The Morgan fingerprint density at radius 3 is 2.30 bits per heavy atom. The molecule has 0 fully saturated rings. The first kappa shape index (κ1) is 22.7. The molecule has 0 aliphatic carbocycles. The van der Waals surface area contributed by atoms with Crippen LogP contribution in [0, 0.1) is 0 Å². The summed E-state index contributed by atoms with van der Waals surface area (Å²) < 4.78 is 1.12. The van der Waals surface area contributed by atoms with Crippen molar-refractivity contribution in [2.75, 3.05) is 14.1 Å². The maximum Gasteiger partial charge on any atom is 0.251 e. The van der Waals surface area contributed by atoms with Gasteiger partial charge in [0.05, 0.1) is 20.6 Å². The van der Waals surface area contributed by atoms with Gasteiger partial charge in [0.15, 0.2) is 0 Å². The van der Waals surface area contributed by atoms with Crippen molar-refractivity contribution in [2.24, 2.45) is 0 Å². The lowest BCUT2D eigenvalue weighted by Crippen LogP contribution is -2.44. The average molecular weight is 458 g/mol.